The summed E-state index contributed by atoms with van der Waals surface area (Å²) in [5.74, 6) is -0.598. The van der Waals surface area contributed by atoms with E-state index in [2.05, 4.69) is 15.6 Å². The molecule has 0 radical (unpaired) electrons. The van der Waals surface area contributed by atoms with Gasteiger partial charge in [-0.15, -0.1) is 5.10 Å². The van der Waals surface area contributed by atoms with Crippen LogP contribution >= 0.6 is 0 Å². The fourth-order valence-electron chi connectivity index (χ4n) is 2.03. The highest BCUT2D eigenvalue weighted by Crippen LogP contribution is 2.13. The number of hydrogen-bond donors (Lipinski definition) is 1. The molecule has 2 aromatic carbocycles. The molecule has 0 aliphatic heterocycles. The molecular weight excluding hydrogens is 283 g/mol. The minimum absolute atomic E-state index is 0.256. The first-order valence-corrected chi connectivity index (χ1v) is 6.68. The van der Waals surface area contributed by atoms with E-state index >= 15 is 0 Å². The molecule has 0 atom stereocenters. The number of carbonyl (C=O) groups excluding carboxylic acids is 1. The average molecular weight is 296 g/mol. The van der Waals surface area contributed by atoms with Gasteiger partial charge >= 0.3 is 0 Å². The normalized spacial score (nSPS) is 10.5. The van der Waals surface area contributed by atoms with Gasteiger partial charge in [0.1, 0.15) is 5.82 Å². The summed E-state index contributed by atoms with van der Waals surface area (Å²) in [6, 6.07) is 12.6. The molecule has 0 saturated heterocycles. The van der Waals surface area contributed by atoms with Crippen molar-refractivity contribution < 1.29 is 9.18 Å². The first-order chi connectivity index (χ1) is 10.6. The van der Waals surface area contributed by atoms with Gasteiger partial charge in [-0.25, -0.2) is 9.07 Å². The first-order valence-electron chi connectivity index (χ1n) is 6.68. The van der Waals surface area contributed by atoms with Crippen LogP contribution in [0.4, 0.5) is 10.1 Å². The number of nitrogens with one attached hydrogen (secondary N) is 1. The summed E-state index contributed by atoms with van der Waals surface area (Å²) in [5, 5.41) is 10.5. The van der Waals surface area contributed by atoms with Crippen molar-refractivity contribution in [2.75, 3.05) is 5.32 Å². The zero-order chi connectivity index (χ0) is 15.5. The van der Waals surface area contributed by atoms with Crippen molar-refractivity contribution in [3.05, 3.63) is 71.8 Å². The largest absolute Gasteiger partial charge is 0.322 e. The minimum Gasteiger partial charge on any atom is -0.322 e. The van der Waals surface area contributed by atoms with E-state index < -0.39 is 0 Å². The van der Waals surface area contributed by atoms with E-state index in [1.807, 2.05) is 6.92 Å². The van der Waals surface area contributed by atoms with Gasteiger partial charge in [0.25, 0.3) is 5.91 Å². The quantitative estimate of drug-likeness (QED) is 0.808. The second-order valence-electron chi connectivity index (χ2n) is 4.80. The Labute approximate surface area is 126 Å². The number of nitrogens with zero attached hydrogens (tertiary/aromatic N) is 3. The highest BCUT2D eigenvalue weighted by Gasteiger charge is 2.08. The topological polar surface area (TPSA) is 59.8 Å². The number of carbonyl (C=O) groups is 1. The predicted molar refractivity (Wildman–Crippen MR) is 80.4 cm³/mol. The molecule has 6 heteroatoms. The van der Waals surface area contributed by atoms with Crippen molar-refractivity contribution in [3.8, 4) is 5.69 Å². The number of aromatic nitrogens is 3. The second kappa shape index (κ2) is 5.77. The van der Waals surface area contributed by atoms with Crippen molar-refractivity contribution in [2.24, 2.45) is 0 Å². The Morgan fingerprint density at radius 3 is 2.36 bits per heavy atom. The maximum Gasteiger partial charge on any atom is 0.255 e. The lowest BCUT2D eigenvalue weighted by Crippen LogP contribution is -2.12. The van der Waals surface area contributed by atoms with Gasteiger partial charge in [-0.1, -0.05) is 5.21 Å². The van der Waals surface area contributed by atoms with Gasteiger partial charge in [0, 0.05) is 11.3 Å². The summed E-state index contributed by atoms with van der Waals surface area (Å²) in [6.07, 6.45) is 1.66. The molecule has 3 aromatic rings. The maximum absolute atomic E-state index is 12.8. The van der Waals surface area contributed by atoms with Gasteiger partial charge in [-0.05, 0) is 55.5 Å². The molecule has 0 fully saturated rings. The van der Waals surface area contributed by atoms with E-state index in [0.717, 1.165) is 11.4 Å². The Balaban J connectivity index is 1.76. The SMILES string of the molecule is Cc1cnnn1-c1ccc(C(=O)Nc2ccc(F)cc2)cc1. The van der Waals surface area contributed by atoms with Crippen molar-refractivity contribution in [3.63, 3.8) is 0 Å². The van der Waals surface area contributed by atoms with Crippen LogP contribution in [0.15, 0.2) is 54.7 Å². The van der Waals surface area contributed by atoms with Crippen molar-refractivity contribution in [1.82, 2.24) is 15.0 Å². The monoisotopic (exact) mass is 296 g/mol. The van der Waals surface area contributed by atoms with Crippen LogP contribution in [0.1, 0.15) is 16.1 Å². The van der Waals surface area contributed by atoms with Crippen molar-refractivity contribution in [1.29, 1.82) is 0 Å². The van der Waals surface area contributed by atoms with Crippen LogP contribution in [-0.4, -0.2) is 20.9 Å². The number of hydrogen-bond acceptors (Lipinski definition) is 3. The first kappa shape index (κ1) is 13.9. The molecule has 1 amide bonds. The van der Waals surface area contributed by atoms with Crippen LogP contribution in [0.5, 0.6) is 0 Å². The molecule has 5 nitrogen and oxygen atoms in total. The Hall–Kier alpha value is -3.02. The smallest absolute Gasteiger partial charge is 0.255 e. The Bertz CT molecular complexity index is 794. The van der Waals surface area contributed by atoms with Crippen molar-refractivity contribution in [2.45, 2.75) is 6.92 Å². The summed E-state index contributed by atoms with van der Waals surface area (Å²) in [6.45, 7) is 1.90. The van der Waals surface area contributed by atoms with Gasteiger partial charge in [-0.3, -0.25) is 4.79 Å². The van der Waals surface area contributed by atoms with Crippen LogP contribution < -0.4 is 5.32 Å². The molecule has 1 heterocycles. The van der Waals surface area contributed by atoms with Gasteiger partial charge < -0.3 is 5.32 Å². The van der Waals surface area contributed by atoms with E-state index in [4.69, 9.17) is 0 Å². The van der Waals surface area contributed by atoms with Crippen molar-refractivity contribution >= 4 is 11.6 Å². The number of halogens is 1. The van der Waals surface area contributed by atoms with Crippen LogP contribution in [-0.2, 0) is 0 Å². The molecule has 0 bridgehead atoms. The number of aryl methyl sites for hydroxylation is 1. The van der Waals surface area contributed by atoms with E-state index in [9.17, 15) is 9.18 Å². The lowest BCUT2D eigenvalue weighted by Gasteiger charge is -2.07. The zero-order valence-corrected chi connectivity index (χ0v) is 11.8. The molecule has 0 spiro atoms. The van der Waals surface area contributed by atoms with Gasteiger partial charge in [-0.2, -0.15) is 0 Å². The summed E-state index contributed by atoms with van der Waals surface area (Å²) < 4.78 is 14.5. The third kappa shape index (κ3) is 2.85. The molecule has 1 N–H and O–H groups in total. The summed E-state index contributed by atoms with van der Waals surface area (Å²) >= 11 is 0. The maximum atomic E-state index is 12.8. The minimum atomic E-state index is -0.342. The lowest BCUT2D eigenvalue weighted by molar-refractivity contribution is 0.102. The molecule has 0 aliphatic carbocycles. The Morgan fingerprint density at radius 2 is 1.77 bits per heavy atom. The molecule has 1 aromatic heterocycles. The summed E-state index contributed by atoms with van der Waals surface area (Å²) in [5.41, 5.74) is 2.78. The third-order valence-corrected chi connectivity index (χ3v) is 3.20. The number of amides is 1. The lowest BCUT2D eigenvalue weighted by atomic mass is 10.2. The predicted octanol–water partition coefficient (Wildman–Crippen LogP) is 2.97. The highest BCUT2D eigenvalue weighted by molar-refractivity contribution is 6.04. The molecule has 0 saturated carbocycles. The van der Waals surface area contributed by atoms with E-state index in [-0.39, 0.29) is 11.7 Å². The Kier molecular flexibility index (Phi) is 3.65. The number of anilines is 1. The number of benzene rings is 2. The third-order valence-electron chi connectivity index (χ3n) is 3.20. The van der Waals surface area contributed by atoms with E-state index in [1.54, 1.807) is 35.1 Å². The molecule has 0 unspecified atom stereocenters. The van der Waals surface area contributed by atoms with E-state index in [0.29, 0.717) is 11.3 Å². The molecule has 0 aliphatic rings. The van der Waals surface area contributed by atoms with Crippen LogP contribution in [0, 0.1) is 12.7 Å². The van der Waals surface area contributed by atoms with Crippen LogP contribution in [0.3, 0.4) is 0 Å². The van der Waals surface area contributed by atoms with Gasteiger partial charge in [0.15, 0.2) is 0 Å². The Morgan fingerprint density at radius 1 is 1.09 bits per heavy atom. The average Bonchev–Trinajstić information content (AvgIpc) is 2.96. The second-order valence-corrected chi connectivity index (χ2v) is 4.80. The summed E-state index contributed by atoms with van der Waals surface area (Å²) in [4.78, 5) is 12.1. The van der Waals surface area contributed by atoms with Crippen LogP contribution in [0.2, 0.25) is 0 Å². The molecule has 110 valence electrons. The van der Waals surface area contributed by atoms with E-state index in [1.165, 1.54) is 24.3 Å². The standard InChI is InChI=1S/C16H13FN4O/c1-11-10-18-20-21(11)15-8-2-12(3-9-15)16(22)19-14-6-4-13(17)5-7-14/h2-10H,1H3,(H,19,22). The molecular formula is C16H13FN4O. The van der Waals surface area contributed by atoms with Crippen LogP contribution in [0.25, 0.3) is 5.69 Å². The highest BCUT2D eigenvalue weighted by atomic mass is 19.1. The molecule has 3 rings (SSSR count). The number of rotatable bonds is 3. The van der Waals surface area contributed by atoms with Gasteiger partial charge in [0.05, 0.1) is 17.6 Å². The van der Waals surface area contributed by atoms with Gasteiger partial charge in [0.2, 0.25) is 0 Å². The fourth-order valence-corrected chi connectivity index (χ4v) is 2.03. The zero-order valence-electron chi connectivity index (χ0n) is 11.8. The summed E-state index contributed by atoms with van der Waals surface area (Å²) in [7, 11) is 0. The fraction of sp³-hybridized carbons (Fsp3) is 0.0625. The molecule has 22 heavy (non-hydrogen) atoms.